The van der Waals surface area contributed by atoms with E-state index in [9.17, 15) is 9.59 Å². The predicted octanol–water partition coefficient (Wildman–Crippen LogP) is 3.69. The zero-order valence-corrected chi connectivity index (χ0v) is 17.4. The largest absolute Gasteiger partial charge is 0.486 e. The van der Waals surface area contributed by atoms with E-state index in [1.165, 1.54) is 23.0 Å². The van der Waals surface area contributed by atoms with E-state index in [-0.39, 0.29) is 11.6 Å². The number of carbonyl (C=O) groups excluding carboxylic acids is 2. The van der Waals surface area contributed by atoms with E-state index < -0.39 is 11.9 Å². The molecular weight excluding hydrogens is 439 g/mol. The molecule has 0 unspecified atom stereocenters. The number of esters is 1. The first-order chi connectivity index (χ1) is 14.0. The zero-order valence-electron chi connectivity index (χ0n) is 15.1. The van der Waals surface area contributed by atoms with E-state index in [0.717, 1.165) is 4.70 Å². The monoisotopic (exact) mass is 452 g/mol. The Morgan fingerprint density at radius 1 is 1.17 bits per heavy atom. The number of methoxy groups -OCH3 is 1. The third kappa shape index (κ3) is 3.83. The molecule has 1 aliphatic rings. The maximum absolute atomic E-state index is 12.8. The molecule has 0 spiro atoms. The highest BCUT2D eigenvalue weighted by molar-refractivity contribution is 7.16. The van der Waals surface area contributed by atoms with Gasteiger partial charge in [-0.3, -0.25) is 9.59 Å². The van der Waals surface area contributed by atoms with Gasteiger partial charge in [0.05, 0.1) is 27.4 Å². The summed E-state index contributed by atoms with van der Waals surface area (Å²) in [4.78, 5) is 29.2. The van der Waals surface area contributed by atoms with Crippen LogP contribution in [0.15, 0.2) is 35.3 Å². The van der Waals surface area contributed by atoms with Crippen molar-refractivity contribution in [3.05, 3.63) is 50.7 Å². The fraction of sp³-hybridized carbons (Fsp3) is 0.211. The molecular formula is C19H14Cl2N2O5S. The maximum atomic E-state index is 12.8. The lowest BCUT2D eigenvalue weighted by Gasteiger charge is -2.18. The van der Waals surface area contributed by atoms with Crippen LogP contribution >= 0.6 is 34.5 Å². The highest BCUT2D eigenvalue weighted by Crippen LogP contribution is 2.33. The number of halogens is 2. The molecule has 0 bridgehead atoms. The smallest absolute Gasteiger partial charge is 0.325 e. The van der Waals surface area contributed by atoms with Crippen LogP contribution in [-0.2, 0) is 16.1 Å². The Hall–Kier alpha value is -2.55. The molecule has 0 N–H and O–H groups in total. The molecule has 3 aromatic rings. The van der Waals surface area contributed by atoms with E-state index in [4.69, 9.17) is 37.4 Å². The number of carbonyl (C=O) groups is 2. The van der Waals surface area contributed by atoms with Gasteiger partial charge in [-0.25, -0.2) is 0 Å². The molecule has 2 aromatic carbocycles. The summed E-state index contributed by atoms with van der Waals surface area (Å²) in [5.41, 5.74) is 0.851. The van der Waals surface area contributed by atoms with E-state index in [1.54, 1.807) is 30.3 Å². The SMILES string of the molecule is COC(=O)Cn1c(=NC(=O)c2ccc3c(c2)OCCO3)sc2ccc(Cl)c(Cl)c21. The van der Waals surface area contributed by atoms with Crippen molar-refractivity contribution in [1.82, 2.24) is 4.57 Å². The summed E-state index contributed by atoms with van der Waals surface area (Å²) in [7, 11) is 1.28. The summed E-state index contributed by atoms with van der Waals surface area (Å²) in [5.74, 6) is 0.0751. The quantitative estimate of drug-likeness (QED) is 0.566. The Balaban J connectivity index is 1.83. The van der Waals surface area contributed by atoms with Gasteiger partial charge in [-0.1, -0.05) is 34.5 Å². The van der Waals surface area contributed by atoms with Gasteiger partial charge in [-0.05, 0) is 30.3 Å². The lowest BCUT2D eigenvalue weighted by Crippen LogP contribution is -2.22. The molecule has 0 aliphatic carbocycles. The van der Waals surface area contributed by atoms with E-state index in [2.05, 4.69) is 4.99 Å². The van der Waals surface area contributed by atoms with E-state index in [1.807, 2.05) is 0 Å². The van der Waals surface area contributed by atoms with Gasteiger partial charge in [0.2, 0.25) is 0 Å². The van der Waals surface area contributed by atoms with E-state index >= 15 is 0 Å². The van der Waals surface area contributed by atoms with Gasteiger partial charge in [-0.15, -0.1) is 0 Å². The van der Waals surface area contributed by atoms with Gasteiger partial charge >= 0.3 is 5.97 Å². The molecule has 0 radical (unpaired) electrons. The van der Waals surface area contributed by atoms with Crippen LogP contribution in [0.5, 0.6) is 11.5 Å². The van der Waals surface area contributed by atoms with Crippen LogP contribution in [-0.4, -0.2) is 36.8 Å². The Labute approximate surface area is 179 Å². The van der Waals surface area contributed by atoms with Crippen LogP contribution in [0.3, 0.4) is 0 Å². The first kappa shape index (κ1) is 19.8. The van der Waals surface area contributed by atoms with Crippen molar-refractivity contribution in [3.63, 3.8) is 0 Å². The van der Waals surface area contributed by atoms with Crippen molar-refractivity contribution in [2.75, 3.05) is 20.3 Å². The molecule has 1 amide bonds. The summed E-state index contributed by atoms with van der Waals surface area (Å²) < 4.78 is 18.0. The summed E-state index contributed by atoms with van der Waals surface area (Å²) >= 11 is 13.7. The lowest BCUT2D eigenvalue weighted by molar-refractivity contribution is -0.141. The van der Waals surface area contributed by atoms with Crippen LogP contribution < -0.4 is 14.3 Å². The number of nitrogens with zero attached hydrogens (tertiary/aromatic N) is 2. The minimum atomic E-state index is -0.506. The van der Waals surface area contributed by atoms with Crippen LogP contribution in [0.25, 0.3) is 10.2 Å². The number of hydrogen-bond donors (Lipinski definition) is 0. The molecule has 4 rings (SSSR count). The molecule has 150 valence electrons. The first-order valence-electron chi connectivity index (χ1n) is 8.51. The predicted molar refractivity (Wildman–Crippen MR) is 109 cm³/mol. The summed E-state index contributed by atoms with van der Waals surface area (Å²) in [6, 6.07) is 8.28. The number of ether oxygens (including phenoxy) is 3. The molecule has 7 nitrogen and oxygen atoms in total. The molecule has 10 heteroatoms. The van der Waals surface area contributed by atoms with E-state index in [0.29, 0.717) is 45.6 Å². The number of benzene rings is 2. The molecule has 0 fully saturated rings. The normalized spacial score (nSPS) is 13.6. The highest BCUT2D eigenvalue weighted by Gasteiger charge is 2.18. The molecule has 29 heavy (non-hydrogen) atoms. The average Bonchev–Trinajstić information content (AvgIpc) is 3.07. The van der Waals surface area contributed by atoms with Gasteiger partial charge in [0.15, 0.2) is 16.3 Å². The molecule has 0 saturated carbocycles. The molecule has 0 saturated heterocycles. The van der Waals surface area contributed by atoms with Crippen LogP contribution in [0.1, 0.15) is 10.4 Å². The summed E-state index contributed by atoms with van der Waals surface area (Å²) in [6.07, 6.45) is 0. The van der Waals surface area contributed by atoms with Crippen molar-refractivity contribution in [2.45, 2.75) is 6.54 Å². The molecule has 1 aliphatic heterocycles. The number of aromatic nitrogens is 1. The zero-order chi connectivity index (χ0) is 20.5. The Morgan fingerprint density at radius 2 is 1.93 bits per heavy atom. The van der Waals surface area contributed by atoms with Gasteiger partial charge < -0.3 is 18.8 Å². The van der Waals surface area contributed by atoms with Gasteiger partial charge in [0, 0.05) is 5.56 Å². The van der Waals surface area contributed by atoms with Gasteiger partial charge in [-0.2, -0.15) is 4.99 Å². The average molecular weight is 453 g/mol. The fourth-order valence-electron chi connectivity index (χ4n) is 2.86. The van der Waals surface area contributed by atoms with Crippen LogP contribution in [0.2, 0.25) is 10.0 Å². The van der Waals surface area contributed by atoms with Crippen molar-refractivity contribution in [3.8, 4) is 11.5 Å². The number of hydrogen-bond acceptors (Lipinski definition) is 6. The second-order valence-corrected chi connectivity index (χ2v) is 7.82. The Kier molecular flexibility index (Phi) is 5.49. The fourth-order valence-corrected chi connectivity index (χ4v) is 4.37. The minimum absolute atomic E-state index is 0.163. The van der Waals surface area contributed by atoms with Gasteiger partial charge in [0.1, 0.15) is 19.8 Å². The maximum Gasteiger partial charge on any atom is 0.325 e. The first-order valence-corrected chi connectivity index (χ1v) is 10.1. The second-order valence-electron chi connectivity index (χ2n) is 6.03. The highest BCUT2D eigenvalue weighted by atomic mass is 35.5. The van der Waals surface area contributed by atoms with Crippen molar-refractivity contribution < 1.29 is 23.8 Å². The number of amides is 1. The third-order valence-corrected chi connectivity index (χ3v) is 6.07. The topological polar surface area (TPSA) is 79.1 Å². The molecule has 0 atom stereocenters. The summed E-state index contributed by atoms with van der Waals surface area (Å²) in [6.45, 7) is 0.712. The lowest BCUT2D eigenvalue weighted by atomic mass is 10.2. The van der Waals surface area contributed by atoms with Crippen LogP contribution in [0.4, 0.5) is 0 Å². The standard InChI is InChI=1S/C19H14Cl2N2O5S/c1-26-15(24)9-23-17-14(5-3-11(20)16(17)21)29-19(23)22-18(25)10-2-4-12-13(8-10)28-7-6-27-12/h2-5,8H,6-7,9H2,1H3. The molecule has 2 heterocycles. The molecule has 1 aromatic heterocycles. The third-order valence-electron chi connectivity index (χ3n) is 4.24. The minimum Gasteiger partial charge on any atom is -0.486 e. The van der Waals surface area contributed by atoms with Crippen LogP contribution in [0, 0.1) is 0 Å². The number of thiazole rings is 1. The number of rotatable bonds is 3. The van der Waals surface area contributed by atoms with Crippen molar-refractivity contribution >= 4 is 56.6 Å². The number of fused-ring (bicyclic) bond motifs is 2. The van der Waals surface area contributed by atoms with Crippen molar-refractivity contribution in [1.29, 1.82) is 0 Å². The summed E-state index contributed by atoms with van der Waals surface area (Å²) in [5, 5.41) is 0.609. The van der Waals surface area contributed by atoms with Crippen molar-refractivity contribution in [2.24, 2.45) is 4.99 Å². The van der Waals surface area contributed by atoms with Gasteiger partial charge in [0.25, 0.3) is 5.91 Å². The second kappa shape index (κ2) is 8.06. The Bertz CT molecular complexity index is 1200. The Morgan fingerprint density at radius 3 is 2.69 bits per heavy atom.